The van der Waals surface area contributed by atoms with Gasteiger partial charge in [0.05, 0.1) is 19.0 Å². The van der Waals surface area contributed by atoms with E-state index in [1.165, 1.54) is 16.7 Å². The molecule has 0 radical (unpaired) electrons. The monoisotopic (exact) mass is 669 g/mol. The van der Waals surface area contributed by atoms with Crippen molar-refractivity contribution in [1.29, 1.82) is 0 Å². The van der Waals surface area contributed by atoms with Crippen molar-refractivity contribution in [1.82, 2.24) is 19.2 Å². The van der Waals surface area contributed by atoms with Crippen LogP contribution in [0.2, 0.25) is 5.02 Å². The minimum absolute atomic E-state index is 0.166. The first kappa shape index (κ1) is 33.8. The van der Waals surface area contributed by atoms with Crippen LogP contribution in [0.25, 0.3) is 10.8 Å². The van der Waals surface area contributed by atoms with Crippen LogP contribution in [0.5, 0.6) is 0 Å². The van der Waals surface area contributed by atoms with Crippen molar-refractivity contribution in [3.8, 4) is 0 Å². The van der Waals surface area contributed by atoms with Gasteiger partial charge in [-0.15, -0.1) is 4.41 Å². The van der Waals surface area contributed by atoms with Crippen molar-refractivity contribution in [3.63, 3.8) is 0 Å². The van der Waals surface area contributed by atoms with Gasteiger partial charge in [-0.25, -0.2) is 13.4 Å². The maximum absolute atomic E-state index is 14.7. The Morgan fingerprint density at radius 2 is 1.74 bits per heavy atom. The maximum atomic E-state index is 14.7. The van der Waals surface area contributed by atoms with Gasteiger partial charge in [0.2, 0.25) is 21.8 Å². The van der Waals surface area contributed by atoms with E-state index in [0.717, 1.165) is 20.8 Å². The number of ether oxygens (including phenoxy) is 1. The molecule has 5 rings (SSSR count). The van der Waals surface area contributed by atoms with Crippen LogP contribution in [0.3, 0.4) is 0 Å². The van der Waals surface area contributed by atoms with Gasteiger partial charge in [0.1, 0.15) is 18.6 Å². The van der Waals surface area contributed by atoms with Gasteiger partial charge in [-0.2, -0.15) is 0 Å². The molecule has 11 nitrogen and oxygen atoms in total. The van der Waals surface area contributed by atoms with E-state index in [9.17, 15) is 22.8 Å². The number of hydrazine groups is 1. The number of halogens is 1. The lowest BCUT2D eigenvalue weighted by molar-refractivity contribution is -0.150. The lowest BCUT2D eigenvalue weighted by Gasteiger charge is -2.39. The van der Waals surface area contributed by atoms with E-state index in [1.807, 2.05) is 49.4 Å². The summed E-state index contributed by atoms with van der Waals surface area (Å²) in [7, 11) is -3.83. The summed E-state index contributed by atoms with van der Waals surface area (Å²) >= 11 is 6.38. The van der Waals surface area contributed by atoms with E-state index in [0.29, 0.717) is 43.3 Å². The molecular formula is C33H40ClN5O6S. The van der Waals surface area contributed by atoms with Crippen molar-refractivity contribution in [3.05, 3.63) is 82.9 Å². The third-order valence-corrected chi connectivity index (χ3v) is 10.7. The highest BCUT2D eigenvalue weighted by Gasteiger charge is 2.44. The van der Waals surface area contributed by atoms with E-state index in [4.69, 9.17) is 22.1 Å². The van der Waals surface area contributed by atoms with E-state index in [2.05, 4.69) is 0 Å². The number of nitrogens with zero attached hydrogens (tertiary/aromatic N) is 4. The van der Waals surface area contributed by atoms with E-state index in [-0.39, 0.29) is 18.7 Å². The number of morpholine rings is 1. The number of benzene rings is 3. The number of amides is 3. The number of fused-ring (bicyclic) bond motifs is 1. The first-order chi connectivity index (χ1) is 22.0. The van der Waals surface area contributed by atoms with Gasteiger partial charge in [0, 0.05) is 37.1 Å². The normalized spacial score (nSPS) is 20.6. The molecule has 3 aromatic rings. The summed E-state index contributed by atoms with van der Waals surface area (Å²) in [5.74, 6) is -1.89. The lowest BCUT2D eigenvalue weighted by Crippen LogP contribution is -2.57. The molecule has 0 aliphatic carbocycles. The Hall–Kier alpha value is -3.55. The summed E-state index contributed by atoms with van der Waals surface area (Å²) in [6, 6.07) is 17.6. The fourth-order valence-electron chi connectivity index (χ4n) is 6.33. The molecule has 2 saturated heterocycles. The fraction of sp³-hybridized carbons (Fsp3) is 0.424. The Labute approximate surface area is 274 Å². The molecule has 2 N–H and O–H groups in total. The number of carbonyl (C=O) groups excluding carboxylic acids is 3. The second kappa shape index (κ2) is 14.5. The van der Waals surface area contributed by atoms with Gasteiger partial charge < -0.3 is 20.3 Å². The predicted octanol–water partition coefficient (Wildman–Crippen LogP) is 2.98. The number of sulfonamides is 1. The van der Waals surface area contributed by atoms with Crippen molar-refractivity contribution in [2.24, 2.45) is 5.73 Å². The molecule has 0 bridgehead atoms. The maximum Gasteiger partial charge on any atom is 0.250 e. The largest absolute Gasteiger partial charge is 0.379 e. The summed E-state index contributed by atoms with van der Waals surface area (Å²) in [5, 5.41) is 3.93. The zero-order valence-electron chi connectivity index (χ0n) is 26.0. The number of hydrogen-bond acceptors (Lipinski definition) is 7. The van der Waals surface area contributed by atoms with E-state index in [1.54, 1.807) is 29.3 Å². The molecule has 246 valence electrons. The fourth-order valence-corrected chi connectivity index (χ4v) is 7.64. The third-order valence-electron chi connectivity index (χ3n) is 8.77. The van der Waals surface area contributed by atoms with Crippen LogP contribution >= 0.6 is 11.6 Å². The Morgan fingerprint density at radius 1 is 1.04 bits per heavy atom. The Bertz CT molecular complexity index is 1690. The minimum Gasteiger partial charge on any atom is -0.379 e. The average molecular weight is 670 g/mol. The Balaban J connectivity index is 1.53. The topological polar surface area (TPSA) is 134 Å². The molecule has 3 unspecified atom stereocenters. The second-order valence-corrected chi connectivity index (χ2v) is 14.2. The molecular weight excluding hydrogens is 630 g/mol. The first-order valence-electron chi connectivity index (χ1n) is 15.5. The van der Waals surface area contributed by atoms with E-state index < -0.39 is 52.4 Å². The molecule has 3 atom stereocenters. The zero-order chi connectivity index (χ0) is 33.0. The summed E-state index contributed by atoms with van der Waals surface area (Å²) in [5.41, 5.74) is 7.32. The predicted molar refractivity (Wildman–Crippen MR) is 176 cm³/mol. The molecule has 3 amide bonds. The van der Waals surface area contributed by atoms with E-state index >= 15 is 0 Å². The van der Waals surface area contributed by atoms with Crippen LogP contribution in [0, 0.1) is 0 Å². The van der Waals surface area contributed by atoms with Crippen LogP contribution in [0.1, 0.15) is 37.4 Å². The van der Waals surface area contributed by atoms with Crippen LogP contribution in [0.15, 0.2) is 66.7 Å². The SMILES string of the molecule is CCS(=O)(=O)N(CC(=O)N1C(C)CCN(C(Cc2cccc3ccccc23)C(N)=O)C(=O)C1c1cccc(Cl)c1)N1CCOCC1. The standard InChI is InChI=1S/C33H40ClN5O6S/c1-3-46(43,44)38(36-16-18-45-19-17-36)22-30(40)39-23(2)14-15-37(33(42)31(39)26-11-7-12-27(34)20-26)29(32(35)41)21-25-10-6-9-24-8-4-5-13-28(24)25/h4-13,20,23,29,31H,3,14-19,21-22H2,1-2H3,(H2,35,41). The van der Waals surface area contributed by atoms with Crippen molar-refractivity contribution in [2.45, 2.75) is 44.8 Å². The number of rotatable bonds is 10. The van der Waals surface area contributed by atoms with Gasteiger partial charge >= 0.3 is 0 Å². The number of carbonyl (C=O) groups is 3. The summed E-state index contributed by atoms with van der Waals surface area (Å²) < 4.78 is 33.0. The lowest BCUT2D eigenvalue weighted by atomic mass is 9.96. The number of primary amides is 1. The van der Waals surface area contributed by atoms with Crippen molar-refractivity contribution >= 4 is 50.1 Å². The molecule has 0 spiro atoms. The van der Waals surface area contributed by atoms with Crippen molar-refractivity contribution in [2.75, 3.05) is 45.1 Å². The Kier molecular flexibility index (Phi) is 10.6. The highest BCUT2D eigenvalue weighted by Crippen LogP contribution is 2.33. The number of nitrogens with two attached hydrogens (primary N) is 1. The average Bonchev–Trinajstić information content (AvgIpc) is 3.17. The van der Waals surface area contributed by atoms with Gasteiger partial charge in [0.25, 0.3) is 5.91 Å². The summed E-state index contributed by atoms with van der Waals surface area (Å²) in [4.78, 5) is 45.0. The van der Waals surface area contributed by atoms with Gasteiger partial charge in [0.15, 0.2) is 0 Å². The van der Waals surface area contributed by atoms with Gasteiger partial charge in [-0.1, -0.05) is 66.2 Å². The summed E-state index contributed by atoms with van der Waals surface area (Å²) in [6.45, 7) is 4.30. The molecule has 3 aromatic carbocycles. The molecule has 2 aliphatic rings. The summed E-state index contributed by atoms with van der Waals surface area (Å²) in [6.07, 6.45) is 0.526. The molecule has 2 fully saturated rings. The quantitative estimate of drug-likeness (QED) is 0.351. The van der Waals surface area contributed by atoms with Crippen LogP contribution in [-0.4, -0.2) is 103 Å². The van der Waals surface area contributed by atoms with Gasteiger partial charge in [-0.3, -0.25) is 14.4 Å². The highest BCUT2D eigenvalue weighted by molar-refractivity contribution is 7.89. The Morgan fingerprint density at radius 3 is 2.43 bits per heavy atom. The first-order valence-corrected chi connectivity index (χ1v) is 17.5. The highest BCUT2D eigenvalue weighted by atomic mass is 35.5. The molecule has 13 heteroatoms. The molecule has 2 aliphatic heterocycles. The van der Waals surface area contributed by atoms with Crippen LogP contribution in [0.4, 0.5) is 0 Å². The number of hydrogen-bond donors (Lipinski definition) is 1. The van der Waals surface area contributed by atoms with Crippen molar-refractivity contribution < 1.29 is 27.5 Å². The zero-order valence-corrected chi connectivity index (χ0v) is 27.6. The molecule has 2 heterocycles. The van der Waals surface area contributed by atoms with Crippen LogP contribution in [-0.2, 0) is 35.6 Å². The molecule has 46 heavy (non-hydrogen) atoms. The molecule has 0 aromatic heterocycles. The van der Waals surface area contributed by atoms with Gasteiger partial charge in [-0.05, 0) is 54.3 Å². The third kappa shape index (κ3) is 7.21. The molecule has 0 saturated carbocycles. The minimum atomic E-state index is -3.83. The van der Waals surface area contributed by atoms with Crippen LogP contribution < -0.4 is 5.73 Å². The smallest absolute Gasteiger partial charge is 0.250 e. The second-order valence-electron chi connectivity index (χ2n) is 11.6.